The van der Waals surface area contributed by atoms with Crippen LogP contribution in [0, 0.1) is 5.92 Å². The van der Waals surface area contributed by atoms with Gasteiger partial charge in [0, 0.05) is 39.8 Å². The van der Waals surface area contributed by atoms with Gasteiger partial charge in [0.1, 0.15) is 5.25 Å². The molecule has 36 heavy (non-hydrogen) atoms. The number of benzene rings is 3. The maximum atomic E-state index is 14.0. The van der Waals surface area contributed by atoms with E-state index in [1.54, 1.807) is 18.3 Å². The Kier molecular flexibility index (Phi) is 7.19. The number of carbonyl (C=O) groups is 1. The van der Waals surface area contributed by atoms with Gasteiger partial charge in [-0.3, -0.25) is 4.79 Å². The van der Waals surface area contributed by atoms with Gasteiger partial charge in [-0.05, 0) is 35.7 Å². The Morgan fingerprint density at radius 2 is 1.75 bits per heavy atom. The van der Waals surface area contributed by atoms with Crippen LogP contribution in [0.1, 0.15) is 35.0 Å². The quantitative estimate of drug-likeness (QED) is 0.161. The molecule has 8 heteroatoms. The summed E-state index contributed by atoms with van der Waals surface area (Å²) in [7, 11) is 0. The van der Waals surface area contributed by atoms with Gasteiger partial charge in [0.15, 0.2) is 16.8 Å². The third-order valence-electron chi connectivity index (χ3n) is 5.86. The number of hydrogen-bond acceptors (Lipinski definition) is 4. The van der Waals surface area contributed by atoms with Gasteiger partial charge in [-0.15, -0.1) is 10.2 Å². The van der Waals surface area contributed by atoms with Crippen LogP contribution >= 0.6 is 35.0 Å². The molecule has 5 aromatic rings. The molecule has 0 saturated carbocycles. The third kappa shape index (κ3) is 4.94. The molecule has 1 unspecified atom stereocenters. The highest BCUT2D eigenvalue weighted by atomic mass is 35.5. The van der Waals surface area contributed by atoms with Crippen LogP contribution in [0.2, 0.25) is 10.0 Å². The summed E-state index contributed by atoms with van der Waals surface area (Å²) < 4.78 is 2.04. The van der Waals surface area contributed by atoms with E-state index in [2.05, 4.69) is 29.0 Å². The van der Waals surface area contributed by atoms with Crippen LogP contribution in [0.3, 0.4) is 0 Å². The molecular formula is C28H24Cl2N4OS. The van der Waals surface area contributed by atoms with Crippen LogP contribution in [0.25, 0.3) is 22.3 Å². The van der Waals surface area contributed by atoms with Crippen molar-refractivity contribution in [2.45, 2.75) is 30.8 Å². The number of thioether (sulfide) groups is 1. The Bertz CT molecular complexity index is 1530. The van der Waals surface area contributed by atoms with Crippen LogP contribution < -0.4 is 0 Å². The average molecular weight is 536 g/mol. The number of hydrogen-bond donors (Lipinski definition) is 1. The lowest BCUT2D eigenvalue weighted by Crippen LogP contribution is -2.13. The first-order valence-corrected chi connectivity index (χ1v) is 13.3. The maximum absolute atomic E-state index is 14.0. The van der Waals surface area contributed by atoms with E-state index in [-0.39, 0.29) is 5.78 Å². The van der Waals surface area contributed by atoms with Crippen molar-refractivity contribution >= 4 is 51.6 Å². The summed E-state index contributed by atoms with van der Waals surface area (Å²) in [6.07, 6.45) is 1.79. The Morgan fingerprint density at radius 3 is 2.50 bits per heavy atom. The fourth-order valence-corrected chi connectivity index (χ4v) is 5.81. The number of ketones is 1. The molecule has 2 heterocycles. The SMILES string of the molecule is CC(C)Cn1c(SC(C(=O)c2c[nH]c3ccccc23)c2ccccc2)nnc1-c1ccc(Cl)cc1Cl. The number of H-pyrrole nitrogens is 1. The summed E-state index contributed by atoms with van der Waals surface area (Å²) in [4.78, 5) is 17.2. The number of aromatic nitrogens is 4. The van der Waals surface area contributed by atoms with Gasteiger partial charge in [-0.2, -0.15) is 0 Å². The average Bonchev–Trinajstić information content (AvgIpc) is 3.47. The number of fused-ring (bicyclic) bond motifs is 1. The Morgan fingerprint density at radius 1 is 1.00 bits per heavy atom. The van der Waals surface area contributed by atoms with Crippen LogP contribution in [-0.4, -0.2) is 25.5 Å². The highest BCUT2D eigenvalue weighted by Gasteiger charge is 2.29. The normalized spacial score (nSPS) is 12.4. The molecule has 1 atom stereocenters. The van der Waals surface area contributed by atoms with Crippen molar-refractivity contribution in [3.05, 3.63) is 100 Å². The number of rotatable bonds is 8. The highest BCUT2D eigenvalue weighted by molar-refractivity contribution is 8.00. The number of aromatic amines is 1. The van der Waals surface area contributed by atoms with E-state index in [4.69, 9.17) is 23.2 Å². The summed E-state index contributed by atoms with van der Waals surface area (Å²) in [6, 6.07) is 23.0. The summed E-state index contributed by atoms with van der Waals surface area (Å²) in [6.45, 7) is 4.94. The van der Waals surface area contributed by atoms with E-state index < -0.39 is 5.25 Å². The molecule has 0 aliphatic rings. The summed E-state index contributed by atoms with van der Waals surface area (Å²) >= 11 is 14.1. The number of nitrogens with one attached hydrogen (secondary N) is 1. The van der Waals surface area contributed by atoms with Gasteiger partial charge < -0.3 is 9.55 Å². The first-order chi connectivity index (χ1) is 17.4. The predicted molar refractivity (Wildman–Crippen MR) is 148 cm³/mol. The smallest absolute Gasteiger partial charge is 0.192 e. The molecule has 0 aliphatic heterocycles. The monoisotopic (exact) mass is 534 g/mol. The molecule has 0 bridgehead atoms. The number of carbonyl (C=O) groups excluding carboxylic acids is 1. The standard InChI is InChI=1S/C28H24Cl2N4OS/c1-17(2)16-34-27(21-13-12-19(29)14-23(21)30)32-33-28(34)36-26(18-8-4-3-5-9-18)25(35)22-15-31-24-11-7-6-10-20(22)24/h3-15,17,26,31H,16H2,1-2H3. The van der Waals surface area contributed by atoms with E-state index in [1.807, 2.05) is 65.2 Å². The first-order valence-electron chi connectivity index (χ1n) is 11.6. The second-order valence-corrected chi connectivity index (χ2v) is 10.9. The minimum atomic E-state index is -0.506. The second kappa shape index (κ2) is 10.5. The second-order valence-electron chi connectivity index (χ2n) is 8.96. The summed E-state index contributed by atoms with van der Waals surface area (Å²) in [5.41, 5.74) is 3.24. The lowest BCUT2D eigenvalue weighted by Gasteiger charge is -2.18. The molecule has 1 N–H and O–H groups in total. The predicted octanol–water partition coefficient (Wildman–Crippen LogP) is 8.11. The molecule has 0 fully saturated rings. The molecule has 2 aromatic heterocycles. The van der Waals surface area contributed by atoms with Crippen molar-refractivity contribution in [3.8, 4) is 11.4 Å². The van der Waals surface area contributed by atoms with Crippen molar-refractivity contribution in [2.75, 3.05) is 0 Å². The largest absolute Gasteiger partial charge is 0.360 e. The van der Waals surface area contributed by atoms with Crippen LogP contribution in [0.4, 0.5) is 0 Å². The molecule has 0 aliphatic carbocycles. The van der Waals surface area contributed by atoms with E-state index in [9.17, 15) is 4.79 Å². The topological polar surface area (TPSA) is 63.6 Å². The van der Waals surface area contributed by atoms with Crippen LogP contribution in [-0.2, 0) is 6.54 Å². The number of para-hydroxylation sites is 1. The van der Waals surface area contributed by atoms with Crippen molar-refractivity contribution in [1.82, 2.24) is 19.7 Å². The van der Waals surface area contributed by atoms with E-state index in [0.717, 1.165) is 22.0 Å². The molecule has 0 saturated heterocycles. The molecule has 0 radical (unpaired) electrons. The van der Waals surface area contributed by atoms with Gasteiger partial charge in [0.25, 0.3) is 0 Å². The Labute approximate surface area is 223 Å². The van der Waals surface area contributed by atoms with Gasteiger partial charge in [-0.25, -0.2) is 0 Å². The van der Waals surface area contributed by atoms with Gasteiger partial charge in [-0.1, -0.05) is 97.3 Å². The number of halogens is 2. The van der Waals surface area contributed by atoms with Gasteiger partial charge in [0.2, 0.25) is 0 Å². The zero-order valence-corrected chi connectivity index (χ0v) is 22.1. The third-order valence-corrected chi connectivity index (χ3v) is 7.64. The van der Waals surface area contributed by atoms with Crippen molar-refractivity contribution in [2.24, 2.45) is 5.92 Å². The molecule has 0 amide bonds. The van der Waals surface area contributed by atoms with Gasteiger partial charge >= 0.3 is 0 Å². The first kappa shape index (κ1) is 24.6. The lowest BCUT2D eigenvalue weighted by atomic mass is 10.0. The molecular weight excluding hydrogens is 511 g/mol. The van der Waals surface area contributed by atoms with Crippen molar-refractivity contribution in [1.29, 1.82) is 0 Å². The maximum Gasteiger partial charge on any atom is 0.192 e. The summed E-state index contributed by atoms with van der Waals surface area (Å²) in [5, 5.41) is 11.1. The zero-order valence-electron chi connectivity index (χ0n) is 19.8. The van der Waals surface area contributed by atoms with E-state index >= 15 is 0 Å². The fraction of sp³-hybridized carbons (Fsp3) is 0.179. The van der Waals surface area contributed by atoms with Crippen LogP contribution in [0.15, 0.2) is 84.1 Å². The Hall–Kier alpha value is -3.06. The van der Waals surface area contributed by atoms with E-state index in [0.29, 0.717) is 39.1 Å². The minimum Gasteiger partial charge on any atom is -0.360 e. The lowest BCUT2D eigenvalue weighted by molar-refractivity contribution is 0.0991. The highest BCUT2D eigenvalue weighted by Crippen LogP contribution is 2.40. The van der Waals surface area contributed by atoms with Crippen molar-refractivity contribution in [3.63, 3.8) is 0 Å². The molecule has 182 valence electrons. The fourth-order valence-electron chi connectivity index (χ4n) is 4.20. The Balaban J connectivity index is 1.59. The number of nitrogens with zero attached hydrogens (tertiary/aromatic N) is 3. The zero-order chi connectivity index (χ0) is 25.2. The molecule has 3 aromatic carbocycles. The minimum absolute atomic E-state index is 0.00817. The van der Waals surface area contributed by atoms with Gasteiger partial charge in [0.05, 0.1) is 5.02 Å². The molecule has 5 nitrogen and oxygen atoms in total. The number of Topliss-reactive ketones (excluding diaryl/α,β-unsaturated/α-hetero) is 1. The summed E-state index contributed by atoms with van der Waals surface area (Å²) in [5.74, 6) is 0.984. The van der Waals surface area contributed by atoms with Crippen molar-refractivity contribution < 1.29 is 4.79 Å². The van der Waals surface area contributed by atoms with E-state index in [1.165, 1.54) is 11.8 Å². The molecule has 5 rings (SSSR count). The van der Waals surface area contributed by atoms with Crippen LogP contribution in [0.5, 0.6) is 0 Å². The molecule has 0 spiro atoms.